The molecule has 0 unspecified atom stereocenters. The third kappa shape index (κ3) is 3.09. The molecule has 98 valence electrons. The van der Waals surface area contributed by atoms with Gasteiger partial charge in [-0.1, -0.05) is 19.3 Å². The van der Waals surface area contributed by atoms with E-state index in [1.165, 1.54) is 18.6 Å². The fourth-order valence-electron chi connectivity index (χ4n) is 2.27. The van der Waals surface area contributed by atoms with Crippen LogP contribution in [0.15, 0.2) is 12.1 Å². The topological polar surface area (TPSA) is 55.2 Å². The van der Waals surface area contributed by atoms with E-state index in [9.17, 15) is 14.5 Å². The fraction of sp³-hybridized carbons (Fsp3) is 0.500. The maximum absolute atomic E-state index is 13.5. The Kier molecular flexibility index (Phi) is 4.36. The van der Waals surface area contributed by atoms with Crippen molar-refractivity contribution in [2.45, 2.75) is 38.1 Å². The zero-order chi connectivity index (χ0) is 13.1. The molecule has 0 spiro atoms. The number of nitrogens with zero attached hydrogens (tertiary/aromatic N) is 1. The molecule has 0 aromatic heterocycles. The quantitative estimate of drug-likeness (QED) is 0.500. The first-order valence-electron chi connectivity index (χ1n) is 5.98. The normalized spacial score (nSPS) is 16.6. The summed E-state index contributed by atoms with van der Waals surface area (Å²) in [6.07, 6.45) is 5.44. The van der Waals surface area contributed by atoms with Crippen LogP contribution in [0, 0.1) is 19.5 Å². The summed E-state index contributed by atoms with van der Waals surface area (Å²) in [6.45, 7) is 0. The largest absolute Gasteiger partial charge is 0.377 e. The van der Waals surface area contributed by atoms with Gasteiger partial charge in [-0.25, -0.2) is 4.39 Å². The average molecular weight is 364 g/mol. The molecule has 0 radical (unpaired) electrons. The lowest BCUT2D eigenvalue weighted by Crippen LogP contribution is -2.22. The van der Waals surface area contributed by atoms with Crippen LogP contribution in [0.25, 0.3) is 0 Å². The monoisotopic (exact) mass is 364 g/mol. The van der Waals surface area contributed by atoms with Crippen LogP contribution in [-0.4, -0.2) is 11.0 Å². The Morgan fingerprint density at radius 3 is 2.61 bits per heavy atom. The molecule has 0 aliphatic heterocycles. The molecule has 0 heterocycles. The second-order valence-corrected chi connectivity index (χ2v) is 5.68. The van der Waals surface area contributed by atoms with Gasteiger partial charge in [-0.15, -0.1) is 0 Å². The minimum absolute atomic E-state index is 0.0497. The Balaban J connectivity index is 2.24. The third-order valence-corrected chi connectivity index (χ3v) is 4.03. The molecule has 0 saturated heterocycles. The summed E-state index contributed by atoms with van der Waals surface area (Å²) in [5.74, 6) is -0.417. The van der Waals surface area contributed by atoms with Gasteiger partial charge in [0.05, 0.1) is 8.49 Å². The van der Waals surface area contributed by atoms with Gasteiger partial charge >= 0.3 is 0 Å². The Hall–Kier alpha value is -0.920. The Morgan fingerprint density at radius 1 is 1.33 bits per heavy atom. The summed E-state index contributed by atoms with van der Waals surface area (Å²) >= 11 is 1.76. The highest BCUT2D eigenvalue weighted by atomic mass is 127. The average Bonchev–Trinajstić information content (AvgIpc) is 2.34. The maximum Gasteiger partial charge on any atom is 0.293 e. The van der Waals surface area contributed by atoms with Gasteiger partial charge in [-0.3, -0.25) is 10.1 Å². The van der Waals surface area contributed by atoms with Crippen LogP contribution < -0.4 is 5.32 Å². The van der Waals surface area contributed by atoms with Crippen molar-refractivity contribution < 1.29 is 9.31 Å². The van der Waals surface area contributed by atoms with Gasteiger partial charge in [-0.05, 0) is 35.4 Å². The molecule has 1 aliphatic rings. The van der Waals surface area contributed by atoms with Crippen LogP contribution in [0.4, 0.5) is 15.8 Å². The van der Waals surface area contributed by atoms with Crippen LogP contribution in [0.5, 0.6) is 0 Å². The van der Waals surface area contributed by atoms with Crippen LogP contribution in [-0.2, 0) is 0 Å². The maximum atomic E-state index is 13.5. The van der Waals surface area contributed by atoms with Crippen molar-refractivity contribution in [2.24, 2.45) is 0 Å². The number of hydrogen-bond acceptors (Lipinski definition) is 3. The van der Waals surface area contributed by atoms with E-state index in [2.05, 4.69) is 5.32 Å². The van der Waals surface area contributed by atoms with E-state index in [1.807, 2.05) is 0 Å². The first-order chi connectivity index (χ1) is 8.58. The molecule has 2 rings (SSSR count). The van der Waals surface area contributed by atoms with Gasteiger partial charge in [0.2, 0.25) is 0 Å². The molecule has 0 amide bonds. The van der Waals surface area contributed by atoms with Gasteiger partial charge < -0.3 is 5.32 Å². The molecule has 1 aromatic carbocycles. The predicted octanol–water partition coefficient (Wildman–Crippen LogP) is 4.08. The number of hydrogen-bond donors (Lipinski definition) is 1. The lowest BCUT2D eigenvalue weighted by Gasteiger charge is -2.23. The smallest absolute Gasteiger partial charge is 0.293 e. The molecule has 0 atom stereocenters. The molecule has 1 aromatic rings. The van der Waals surface area contributed by atoms with Crippen molar-refractivity contribution in [2.75, 3.05) is 5.32 Å². The standard InChI is InChI=1S/C12H14FIN2O2/c13-9-6-11(12(16(17)18)7-10(9)14)15-8-4-2-1-3-5-8/h6-8,15H,1-5H2. The number of nitrogens with one attached hydrogen (secondary N) is 1. The summed E-state index contributed by atoms with van der Waals surface area (Å²) in [5.41, 5.74) is 0.246. The van der Waals surface area contributed by atoms with Crippen LogP contribution in [0.3, 0.4) is 0 Å². The van der Waals surface area contributed by atoms with Crippen molar-refractivity contribution in [1.82, 2.24) is 0 Å². The van der Waals surface area contributed by atoms with Crippen LogP contribution in [0.2, 0.25) is 0 Å². The van der Waals surface area contributed by atoms with Gasteiger partial charge in [0.25, 0.3) is 5.69 Å². The first-order valence-corrected chi connectivity index (χ1v) is 7.06. The van der Waals surface area contributed by atoms with E-state index in [0.29, 0.717) is 5.69 Å². The van der Waals surface area contributed by atoms with E-state index in [1.54, 1.807) is 22.6 Å². The molecule has 4 nitrogen and oxygen atoms in total. The van der Waals surface area contributed by atoms with E-state index in [-0.39, 0.29) is 15.3 Å². The van der Waals surface area contributed by atoms with E-state index < -0.39 is 10.7 Å². The van der Waals surface area contributed by atoms with Crippen molar-refractivity contribution in [3.8, 4) is 0 Å². The van der Waals surface area contributed by atoms with Crippen LogP contribution in [0.1, 0.15) is 32.1 Å². The second kappa shape index (κ2) is 5.81. The molecule has 0 bridgehead atoms. The second-order valence-electron chi connectivity index (χ2n) is 4.52. The minimum Gasteiger partial charge on any atom is -0.377 e. The molecule has 18 heavy (non-hydrogen) atoms. The number of anilines is 1. The van der Waals surface area contributed by atoms with Gasteiger partial charge in [-0.2, -0.15) is 0 Å². The summed E-state index contributed by atoms with van der Waals surface area (Å²) in [4.78, 5) is 10.5. The number of nitro benzene ring substituents is 1. The number of halogens is 2. The number of rotatable bonds is 3. The summed E-state index contributed by atoms with van der Waals surface area (Å²) in [5, 5.41) is 14.1. The van der Waals surface area contributed by atoms with Gasteiger partial charge in [0, 0.05) is 18.2 Å². The zero-order valence-electron chi connectivity index (χ0n) is 9.79. The Labute approximate surface area is 118 Å². The molecule has 1 fully saturated rings. The van der Waals surface area contributed by atoms with Crippen molar-refractivity contribution in [1.29, 1.82) is 0 Å². The van der Waals surface area contributed by atoms with E-state index in [0.717, 1.165) is 25.7 Å². The molecular formula is C12H14FIN2O2. The Bertz CT molecular complexity index is 462. The molecule has 1 aliphatic carbocycles. The van der Waals surface area contributed by atoms with Crippen LogP contribution >= 0.6 is 22.6 Å². The first kappa shape index (κ1) is 13.5. The summed E-state index contributed by atoms with van der Waals surface area (Å²) in [7, 11) is 0. The third-order valence-electron chi connectivity index (χ3n) is 3.20. The fourth-order valence-corrected chi connectivity index (χ4v) is 2.72. The summed E-state index contributed by atoms with van der Waals surface area (Å²) < 4.78 is 13.8. The molecule has 1 saturated carbocycles. The van der Waals surface area contributed by atoms with Crippen molar-refractivity contribution >= 4 is 34.0 Å². The lowest BCUT2D eigenvalue weighted by atomic mass is 9.95. The van der Waals surface area contributed by atoms with Gasteiger partial charge in [0.15, 0.2) is 0 Å². The summed E-state index contributed by atoms with van der Waals surface area (Å²) in [6, 6.07) is 2.73. The molecular weight excluding hydrogens is 350 g/mol. The SMILES string of the molecule is O=[N+]([O-])c1cc(I)c(F)cc1NC1CCCCC1. The van der Waals surface area contributed by atoms with E-state index in [4.69, 9.17) is 0 Å². The molecule has 6 heteroatoms. The van der Waals surface area contributed by atoms with Crippen molar-refractivity contribution in [3.05, 3.63) is 31.6 Å². The highest BCUT2D eigenvalue weighted by Crippen LogP contribution is 2.31. The minimum atomic E-state index is -0.466. The number of nitro groups is 1. The van der Waals surface area contributed by atoms with Gasteiger partial charge in [0.1, 0.15) is 11.5 Å². The van der Waals surface area contributed by atoms with E-state index >= 15 is 0 Å². The number of benzene rings is 1. The highest BCUT2D eigenvalue weighted by molar-refractivity contribution is 14.1. The van der Waals surface area contributed by atoms with Crippen molar-refractivity contribution in [3.63, 3.8) is 0 Å². The Morgan fingerprint density at radius 2 is 2.00 bits per heavy atom. The zero-order valence-corrected chi connectivity index (χ0v) is 11.9. The molecule has 1 N–H and O–H groups in total. The predicted molar refractivity (Wildman–Crippen MR) is 76.3 cm³/mol. The lowest BCUT2D eigenvalue weighted by molar-refractivity contribution is -0.384. The highest BCUT2D eigenvalue weighted by Gasteiger charge is 2.21.